The van der Waals surface area contributed by atoms with E-state index < -0.39 is 5.82 Å². The Hall–Kier alpha value is -2.03. The van der Waals surface area contributed by atoms with E-state index in [9.17, 15) is 9.18 Å². The number of carbonyl (C=O) groups is 1. The summed E-state index contributed by atoms with van der Waals surface area (Å²) in [5, 5.41) is 3.67. The van der Waals surface area contributed by atoms with Gasteiger partial charge >= 0.3 is 0 Å². The Labute approximate surface area is 168 Å². The monoisotopic (exact) mass is 448 g/mol. The van der Waals surface area contributed by atoms with Crippen LogP contribution in [0.5, 0.6) is 0 Å². The molecule has 5 nitrogen and oxygen atoms in total. The zero-order valence-corrected chi connectivity index (χ0v) is 16.9. The lowest BCUT2D eigenvalue weighted by atomic mass is 10.3. The quantitative estimate of drug-likeness (QED) is 0.655. The van der Waals surface area contributed by atoms with E-state index in [1.54, 1.807) is 23.5 Å². The van der Waals surface area contributed by atoms with Gasteiger partial charge in [-0.05, 0) is 30.3 Å². The Bertz CT molecular complexity index is 938. The number of nitrogens with zero attached hydrogens (tertiary/aromatic N) is 3. The van der Waals surface area contributed by atoms with Crippen molar-refractivity contribution in [2.24, 2.45) is 0 Å². The smallest absolute Gasteiger partial charge is 0.238 e. The molecule has 2 heterocycles. The molecule has 3 aromatic rings. The zero-order valence-electron chi connectivity index (χ0n) is 14.5. The molecule has 8 heteroatoms. The van der Waals surface area contributed by atoms with Crippen LogP contribution in [0.15, 0.2) is 46.9 Å². The predicted molar refractivity (Wildman–Crippen MR) is 111 cm³/mol. The Balaban J connectivity index is 1.31. The van der Waals surface area contributed by atoms with Gasteiger partial charge in [-0.3, -0.25) is 9.69 Å². The van der Waals surface area contributed by atoms with E-state index in [1.165, 1.54) is 10.8 Å². The van der Waals surface area contributed by atoms with Crippen LogP contribution in [0.25, 0.3) is 10.2 Å². The summed E-state index contributed by atoms with van der Waals surface area (Å²) in [5.74, 6) is -0.650. The first kappa shape index (κ1) is 18.3. The normalized spacial score (nSPS) is 15.3. The molecule has 1 saturated heterocycles. The molecule has 2 aromatic carbocycles. The minimum Gasteiger partial charge on any atom is -0.345 e. The third-order valence-corrected chi connectivity index (χ3v) is 6.09. The van der Waals surface area contributed by atoms with Crippen molar-refractivity contribution in [3.8, 4) is 0 Å². The lowest BCUT2D eigenvalue weighted by Crippen LogP contribution is -2.48. The van der Waals surface area contributed by atoms with Crippen molar-refractivity contribution in [3.63, 3.8) is 0 Å². The summed E-state index contributed by atoms with van der Waals surface area (Å²) in [6.45, 7) is 3.43. The zero-order chi connectivity index (χ0) is 18.8. The average Bonchev–Trinajstić information content (AvgIpc) is 3.09. The van der Waals surface area contributed by atoms with Crippen LogP contribution in [-0.4, -0.2) is 48.5 Å². The molecule has 0 spiro atoms. The number of hydrogen-bond donors (Lipinski definition) is 1. The summed E-state index contributed by atoms with van der Waals surface area (Å²) >= 11 is 4.90. The Morgan fingerprint density at radius 1 is 1.19 bits per heavy atom. The Morgan fingerprint density at radius 3 is 2.70 bits per heavy atom. The largest absolute Gasteiger partial charge is 0.345 e. The van der Waals surface area contributed by atoms with Crippen molar-refractivity contribution in [2.45, 2.75) is 0 Å². The van der Waals surface area contributed by atoms with Crippen LogP contribution < -0.4 is 10.2 Å². The highest BCUT2D eigenvalue weighted by atomic mass is 79.9. The lowest BCUT2D eigenvalue weighted by Gasteiger charge is -2.34. The van der Waals surface area contributed by atoms with Gasteiger partial charge in [-0.25, -0.2) is 9.37 Å². The van der Waals surface area contributed by atoms with Crippen molar-refractivity contribution in [2.75, 3.05) is 42.9 Å². The van der Waals surface area contributed by atoms with E-state index in [-0.39, 0.29) is 18.1 Å². The summed E-state index contributed by atoms with van der Waals surface area (Å²) in [5.41, 5.74) is 1.23. The van der Waals surface area contributed by atoms with Crippen LogP contribution in [0.4, 0.5) is 15.2 Å². The number of rotatable bonds is 4. The van der Waals surface area contributed by atoms with Gasteiger partial charge in [-0.1, -0.05) is 39.4 Å². The second-order valence-electron chi connectivity index (χ2n) is 6.40. The fourth-order valence-electron chi connectivity index (χ4n) is 3.08. The number of piperazine rings is 1. The third kappa shape index (κ3) is 4.28. The second-order valence-corrected chi connectivity index (χ2v) is 8.32. The number of fused-ring (bicyclic) bond motifs is 1. The topological polar surface area (TPSA) is 48.5 Å². The maximum absolute atomic E-state index is 13.8. The second kappa shape index (κ2) is 7.92. The molecule has 0 atom stereocenters. The Kier molecular flexibility index (Phi) is 5.38. The van der Waals surface area contributed by atoms with Crippen LogP contribution in [0.2, 0.25) is 0 Å². The molecule has 1 amide bonds. The fourth-order valence-corrected chi connectivity index (χ4v) is 4.43. The molecule has 27 heavy (non-hydrogen) atoms. The number of anilines is 2. The SMILES string of the molecule is O=C(CN1CCN(c2nc3ccccc3s2)CC1)Nc1ccc(Br)cc1F. The van der Waals surface area contributed by atoms with Gasteiger partial charge in [0.05, 0.1) is 22.4 Å². The molecular formula is C19H18BrFN4OS. The van der Waals surface area contributed by atoms with E-state index in [0.717, 1.165) is 36.8 Å². The average molecular weight is 449 g/mol. The summed E-state index contributed by atoms with van der Waals surface area (Å²) in [6, 6.07) is 12.7. The molecule has 0 radical (unpaired) electrons. The molecule has 1 aliphatic rings. The first-order chi connectivity index (χ1) is 13.1. The van der Waals surface area contributed by atoms with Crippen molar-refractivity contribution in [3.05, 3.63) is 52.8 Å². The third-order valence-electron chi connectivity index (χ3n) is 4.50. The van der Waals surface area contributed by atoms with E-state index in [2.05, 4.69) is 37.1 Å². The Morgan fingerprint density at radius 2 is 1.96 bits per heavy atom. The maximum atomic E-state index is 13.8. The predicted octanol–water partition coefficient (Wildman–Crippen LogP) is 3.96. The van der Waals surface area contributed by atoms with Crippen LogP contribution in [0.1, 0.15) is 0 Å². The molecule has 140 valence electrons. The lowest BCUT2D eigenvalue weighted by molar-refractivity contribution is -0.117. The number of halogens is 2. The minimum absolute atomic E-state index is 0.204. The highest BCUT2D eigenvalue weighted by Crippen LogP contribution is 2.29. The standard InChI is InChI=1S/C19H18BrFN4OS/c20-13-5-6-15(14(21)11-13)22-18(26)12-24-7-9-25(10-8-24)19-23-16-3-1-2-4-17(16)27-19/h1-6,11H,7-10,12H2,(H,22,26). The number of benzene rings is 2. The van der Waals surface area contributed by atoms with Crippen LogP contribution in [-0.2, 0) is 4.79 Å². The van der Waals surface area contributed by atoms with Crippen LogP contribution in [0, 0.1) is 5.82 Å². The molecule has 0 bridgehead atoms. The number of amides is 1. The summed E-state index contributed by atoms with van der Waals surface area (Å²) in [7, 11) is 0. The number of aromatic nitrogens is 1. The summed E-state index contributed by atoms with van der Waals surface area (Å²) in [6.07, 6.45) is 0. The van der Waals surface area contributed by atoms with Gasteiger partial charge < -0.3 is 10.2 Å². The molecular weight excluding hydrogens is 431 g/mol. The number of hydrogen-bond acceptors (Lipinski definition) is 5. The van der Waals surface area contributed by atoms with Crippen molar-refractivity contribution < 1.29 is 9.18 Å². The molecule has 0 unspecified atom stereocenters. The molecule has 0 aliphatic carbocycles. The van der Waals surface area contributed by atoms with E-state index >= 15 is 0 Å². The van der Waals surface area contributed by atoms with Gasteiger partial charge in [-0.15, -0.1) is 0 Å². The first-order valence-corrected chi connectivity index (χ1v) is 10.3. The molecule has 1 fully saturated rings. The molecule has 1 N–H and O–H groups in total. The summed E-state index contributed by atoms with van der Waals surface area (Å²) < 4.78 is 15.7. The van der Waals surface area contributed by atoms with Crippen molar-refractivity contribution in [1.82, 2.24) is 9.88 Å². The molecule has 4 rings (SSSR count). The highest BCUT2D eigenvalue weighted by Gasteiger charge is 2.21. The number of carbonyl (C=O) groups excluding carboxylic acids is 1. The van der Waals surface area contributed by atoms with Gasteiger partial charge in [0.2, 0.25) is 5.91 Å². The van der Waals surface area contributed by atoms with E-state index in [0.29, 0.717) is 4.47 Å². The summed E-state index contributed by atoms with van der Waals surface area (Å²) in [4.78, 5) is 21.3. The number of nitrogens with one attached hydrogen (secondary N) is 1. The first-order valence-electron chi connectivity index (χ1n) is 8.66. The van der Waals surface area contributed by atoms with Gasteiger partial charge in [0, 0.05) is 30.7 Å². The van der Waals surface area contributed by atoms with Gasteiger partial charge in [0.15, 0.2) is 5.13 Å². The maximum Gasteiger partial charge on any atom is 0.238 e. The molecule has 1 aliphatic heterocycles. The number of para-hydroxylation sites is 1. The molecule has 0 saturated carbocycles. The highest BCUT2D eigenvalue weighted by molar-refractivity contribution is 9.10. The molecule has 1 aromatic heterocycles. The van der Waals surface area contributed by atoms with Gasteiger partial charge in [-0.2, -0.15) is 0 Å². The van der Waals surface area contributed by atoms with Crippen molar-refractivity contribution in [1.29, 1.82) is 0 Å². The van der Waals surface area contributed by atoms with Gasteiger partial charge in [0.25, 0.3) is 0 Å². The van der Waals surface area contributed by atoms with Gasteiger partial charge in [0.1, 0.15) is 5.82 Å². The van der Waals surface area contributed by atoms with Crippen LogP contribution >= 0.6 is 27.3 Å². The fraction of sp³-hybridized carbons (Fsp3) is 0.263. The van der Waals surface area contributed by atoms with Crippen molar-refractivity contribution >= 4 is 54.2 Å². The minimum atomic E-state index is -0.446. The van der Waals surface area contributed by atoms with Crippen LogP contribution in [0.3, 0.4) is 0 Å². The van der Waals surface area contributed by atoms with E-state index in [4.69, 9.17) is 4.98 Å². The van der Waals surface area contributed by atoms with E-state index in [1.807, 2.05) is 18.2 Å². The number of thiazole rings is 1.